The van der Waals surface area contributed by atoms with E-state index in [4.69, 9.17) is 9.47 Å². The topological polar surface area (TPSA) is 99.4 Å². The molecular formula is C18H20O6. The number of hydrogen-bond donors (Lipinski definition) is 4. The van der Waals surface area contributed by atoms with Gasteiger partial charge in [0, 0.05) is 24.1 Å². The molecule has 0 saturated heterocycles. The number of hydrogen-bond acceptors (Lipinski definition) is 6. The van der Waals surface area contributed by atoms with Gasteiger partial charge in [0.1, 0.15) is 23.4 Å². The zero-order valence-electron chi connectivity index (χ0n) is 13.4. The molecule has 1 aliphatic heterocycles. The monoisotopic (exact) mass is 332 g/mol. The Balaban J connectivity index is 1.97. The fourth-order valence-corrected chi connectivity index (χ4v) is 2.81. The number of phenolic OH excluding ortho intramolecular Hbond substituents is 3. The Morgan fingerprint density at radius 3 is 2.50 bits per heavy atom. The van der Waals surface area contributed by atoms with Gasteiger partial charge in [-0.25, -0.2) is 0 Å². The molecule has 3 rings (SSSR count). The van der Waals surface area contributed by atoms with Gasteiger partial charge in [-0.05, 0) is 31.5 Å². The van der Waals surface area contributed by atoms with Crippen molar-refractivity contribution in [3.63, 3.8) is 0 Å². The van der Waals surface area contributed by atoms with Gasteiger partial charge in [-0.1, -0.05) is 6.07 Å². The van der Waals surface area contributed by atoms with Crippen LogP contribution in [0.4, 0.5) is 0 Å². The molecule has 2 aromatic rings. The number of ether oxygens (including phenoxy) is 2. The number of aliphatic hydroxyl groups is 1. The van der Waals surface area contributed by atoms with Gasteiger partial charge in [0.15, 0.2) is 11.5 Å². The molecule has 0 unspecified atom stereocenters. The summed E-state index contributed by atoms with van der Waals surface area (Å²) in [6, 6.07) is 7.24. The lowest BCUT2D eigenvalue weighted by Gasteiger charge is -2.32. The van der Waals surface area contributed by atoms with Gasteiger partial charge in [0.25, 0.3) is 0 Å². The predicted molar refractivity (Wildman–Crippen MR) is 86.7 cm³/mol. The molecule has 128 valence electrons. The van der Waals surface area contributed by atoms with E-state index in [1.165, 1.54) is 24.3 Å². The van der Waals surface area contributed by atoms with Gasteiger partial charge in [0.2, 0.25) is 0 Å². The highest BCUT2D eigenvalue weighted by atomic mass is 16.5. The summed E-state index contributed by atoms with van der Waals surface area (Å²) in [6.07, 6.45) is -1.39. The van der Waals surface area contributed by atoms with Gasteiger partial charge < -0.3 is 29.9 Å². The zero-order chi connectivity index (χ0) is 17.4. The van der Waals surface area contributed by atoms with Crippen LogP contribution in [0.1, 0.15) is 31.1 Å². The smallest absolute Gasteiger partial charge is 0.157 e. The van der Waals surface area contributed by atoms with E-state index in [0.29, 0.717) is 22.6 Å². The van der Waals surface area contributed by atoms with Gasteiger partial charge in [-0.15, -0.1) is 0 Å². The van der Waals surface area contributed by atoms with Crippen molar-refractivity contribution in [1.82, 2.24) is 0 Å². The first-order valence-corrected chi connectivity index (χ1v) is 7.74. The van der Waals surface area contributed by atoms with Crippen molar-refractivity contribution in [3.05, 3.63) is 41.5 Å². The Morgan fingerprint density at radius 2 is 1.83 bits per heavy atom. The van der Waals surface area contributed by atoms with Gasteiger partial charge in [-0.2, -0.15) is 0 Å². The van der Waals surface area contributed by atoms with Crippen molar-refractivity contribution < 1.29 is 29.9 Å². The minimum atomic E-state index is -0.861. The maximum absolute atomic E-state index is 10.5. The highest BCUT2D eigenvalue weighted by Gasteiger charge is 2.33. The second-order valence-corrected chi connectivity index (χ2v) is 6.15. The quantitative estimate of drug-likeness (QED) is 0.645. The van der Waals surface area contributed by atoms with Crippen molar-refractivity contribution in [2.24, 2.45) is 0 Å². The lowest BCUT2D eigenvalue weighted by atomic mass is 9.94. The van der Waals surface area contributed by atoms with Crippen LogP contribution in [0, 0.1) is 0 Å². The van der Waals surface area contributed by atoms with E-state index in [2.05, 4.69) is 0 Å². The standard InChI is InChI=1S/C18H20O6/c1-9(2)23-16-6-11(19)7-17-12(16)8-15(22)18(24-17)10-3-4-13(20)14(21)5-10/h3-7,9,15,18-22H,8H2,1-2H3/t15-,18+/m0/s1. The molecule has 6 nitrogen and oxygen atoms in total. The van der Waals surface area contributed by atoms with Gasteiger partial charge in [0.05, 0.1) is 12.2 Å². The van der Waals surface area contributed by atoms with E-state index in [9.17, 15) is 20.4 Å². The fraction of sp³-hybridized carbons (Fsp3) is 0.333. The van der Waals surface area contributed by atoms with Crippen molar-refractivity contribution in [2.75, 3.05) is 0 Å². The van der Waals surface area contributed by atoms with Crippen molar-refractivity contribution in [2.45, 2.75) is 38.6 Å². The average molecular weight is 332 g/mol. The minimum absolute atomic E-state index is 0.00749. The molecule has 24 heavy (non-hydrogen) atoms. The molecule has 0 spiro atoms. The molecule has 0 aliphatic carbocycles. The van der Waals surface area contributed by atoms with E-state index < -0.39 is 12.2 Å². The summed E-state index contributed by atoms with van der Waals surface area (Å²) in [6.45, 7) is 3.75. The Hall–Kier alpha value is -2.60. The number of fused-ring (bicyclic) bond motifs is 1. The Labute approximate surface area is 139 Å². The van der Waals surface area contributed by atoms with Crippen LogP contribution in [0.25, 0.3) is 0 Å². The maximum Gasteiger partial charge on any atom is 0.157 e. The molecule has 0 radical (unpaired) electrons. The number of aromatic hydroxyl groups is 3. The van der Waals surface area contributed by atoms with Crippen LogP contribution in [0.5, 0.6) is 28.7 Å². The molecule has 0 bridgehead atoms. The highest BCUT2D eigenvalue weighted by Crippen LogP contribution is 2.43. The first kappa shape index (κ1) is 16.3. The largest absolute Gasteiger partial charge is 0.508 e. The lowest BCUT2D eigenvalue weighted by Crippen LogP contribution is -2.30. The van der Waals surface area contributed by atoms with Crippen molar-refractivity contribution in [3.8, 4) is 28.7 Å². The normalized spacial score (nSPS) is 19.7. The second kappa shape index (κ2) is 6.13. The molecule has 1 aliphatic rings. The summed E-state index contributed by atoms with van der Waals surface area (Å²) < 4.78 is 11.5. The number of rotatable bonds is 3. The first-order chi connectivity index (χ1) is 11.3. The zero-order valence-corrected chi connectivity index (χ0v) is 13.4. The fourth-order valence-electron chi connectivity index (χ4n) is 2.81. The SMILES string of the molecule is CC(C)Oc1cc(O)cc2c1C[C@H](O)[C@@H](c1ccc(O)c(O)c1)O2. The molecule has 0 fully saturated rings. The summed E-state index contributed by atoms with van der Waals surface area (Å²) >= 11 is 0. The van der Waals surface area contributed by atoms with Crippen LogP contribution >= 0.6 is 0 Å². The van der Waals surface area contributed by atoms with Crippen molar-refractivity contribution >= 4 is 0 Å². The van der Waals surface area contributed by atoms with Crippen LogP contribution in [0.3, 0.4) is 0 Å². The van der Waals surface area contributed by atoms with Gasteiger partial charge >= 0.3 is 0 Å². The van der Waals surface area contributed by atoms with Crippen LogP contribution in [0.2, 0.25) is 0 Å². The summed E-state index contributed by atoms with van der Waals surface area (Å²) in [5, 5.41) is 39.4. The van der Waals surface area contributed by atoms with E-state index in [-0.39, 0.29) is 29.8 Å². The number of phenols is 3. The minimum Gasteiger partial charge on any atom is -0.508 e. The molecular weight excluding hydrogens is 312 g/mol. The van der Waals surface area contributed by atoms with Crippen LogP contribution in [-0.2, 0) is 6.42 Å². The first-order valence-electron chi connectivity index (χ1n) is 7.74. The van der Waals surface area contributed by atoms with Crippen molar-refractivity contribution in [1.29, 1.82) is 0 Å². The molecule has 4 N–H and O–H groups in total. The summed E-state index contributed by atoms with van der Waals surface area (Å²) in [5.41, 5.74) is 1.21. The number of benzene rings is 2. The van der Waals surface area contributed by atoms with E-state index >= 15 is 0 Å². The van der Waals surface area contributed by atoms with E-state index in [1.807, 2.05) is 13.8 Å². The molecule has 1 heterocycles. The second-order valence-electron chi connectivity index (χ2n) is 6.15. The average Bonchev–Trinajstić information content (AvgIpc) is 2.50. The molecule has 0 aromatic heterocycles. The Bertz CT molecular complexity index is 755. The summed E-state index contributed by atoms with van der Waals surface area (Å²) in [4.78, 5) is 0. The van der Waals surface area contributed by atoms with E-state index in [1.54, 1.807) is 6.07 Å². The molecule has 0 saturated carbocycles. The van der Waals surface area contributed by atoms with E-state index in [0.717, 1.165) is 0 Å². The van der Waals surface area contributed by atoms with Crippen LogP contribution < -0.4 is 9.47 Å². The molecule has 0 amide bonds. The summed E-state index contributed by atoms with van der Waals surface area (Å²) in [7, 11) is 0. The predicted octanol–water partition coefficient (Wildman–Crippen LogP) is 2.63. The summed E-state index contributed by atoms with van der Waals surface area (Å²) in [5.74, 6) is 0.385. The maximum atomic E-state index is 10.5. The highest BCUT2D eigenvalue weighted by molar-refractivity contribution is 5.52. The molecule has 2 atom stereocenters. The van der Waals surface area contributed by atoms with Crippen LogP contribution in [0.15, 0.2) is 30.3 Å². The van der Waals surface area contributed by atoms with Gasteiger partial charge in [-0.3, -0.25) is 0 Å². The lowest BCUT2D eigenvalue weighted by molar-refractivity contribution is 0.0191. The number of aliphatic hydroxyl groups excluding tert-OH is 1. The molecule has 2 aromatic carbocycles. The molecule has 6 heteroatoms. The third-order valence-electron chi connectivity index (χ3n) is 3.86. The Morgan fingerprint density at radius 1 is 1.08 bits per heavy atom. The Kier molecular flexibility index (Phi) is 4.15. The third kappa shape index (κ3) is 3.05. The third-order valence-corrected chi connectivity index (χ3v) is 3.86. The van der Waals surface area contributed by atoms with Crippen LogP contribution in [-0.4, -0.2) is 32.6 Å².